The number of rotatable bonds is 32. The van der Waals surface area contributed by atoms with E-state index < -0.39 is 33.1 Å². The minimum atomic E-state index is -4.26. The lowest BCUT2D eigenvalue weighted by molar-refractivity contribution is -0.153. The fourth-order valence-corrected chi connectivity index (χ4v) is 5.57. The molecule has 0 amide bonds. The number of carbonyl (C=O) groups is 1. The molecule has 0 bridgehead atoms. The maximum Gasteiger partial charge on any atom is 0.472 e. The Kier molecular flexibility index (Phi) is 29.6. The van der Waals surface area contributed by atoms with Crippen molar-refractivity contribution in [3.63, 3.8) is 0 Å². The molecule has 0 aromatic carbocycles. The summed E-state index contributed by atoms with van der Waals surface area (Å²) < 4.78 is 26.1. The minimum absolute atomic E-state index is 0.0753. The number of hydrogen-bond acceptors (Lipinski definition) is 7. The summed E-state index contributed by atoms with van der Waals surface area (Å²) in [5.41, 5.74) is 5.21. The van der Waals surface area contributed by atoms with E-state index in [-0.39, 0.29) is 19.6 Å². The first-order chi connectivity index (χ1) is 19.4. The molecule has 0 rings (SSSR count). The largest absolute Gasteiger partial charge is 0.472 e. The highest BCUT2D eigenvalue weighted by molar-refractivity contribution is 7.47. The van der Waals surface area contributed by atoms with Gasteiger partial charge in [-0.15, -0.1) is 0 Å². The zero-order chi connectivity index (χ0) is 29.6. The first-order valence-electron chi connectivity index (χ1n) is 16.6. The van der Waals surface area contributed by atoms with Crippen molar-refractivity contribution in [2.24, 2.45) is 5.73 Å². The minimum Gasteiger partial charge on any atom is -0.457 e. The predicted octanol–water partition coefficient (Wildman–Crippen LogP) is 8.37. The highest BCUT2D eigenvalue weighted by Crippen LogP contribution is 2.43. The summed E-state index contributed by atoms with van der Waals surface area (Å²) in [4.78, 5) is 21.4. The van der Waals surface area contributed by atoms with Crippen molar-refractivity contribution >= 4 is 13.8 Å². The molecule has 9 heteroatoms. The lowest BCUT2D eigenvalue weighted by atomic mass is 10.0. The van der Waals surface area contributed by atoms with E-state index >= 15 is 0 Å². The van der Waals surface area contributed by atoms with Crippen LogP contribution in [0.2, 0.25) is 0 Å². The van der Waals surface area contributed by atoms with Crippen LogP contribution in [-0.4, -0.2) is 48.4 Å². The van der Waals surface area contributed by atoms with Crippen molar-refractivity contribution in [3.8, 4) is 0 Å². The summed E-state index contributed by atoms with van der Waals surface area (Å²) in [6.07, 6.45) is 29.7. The van der Waals surface area contributed by atoms with E-state index in [1.807, 2.05) is 0 Å². The van der Waals surface area contributed by atoms with Gasteiger partial charge in [0.15, 0.2) is 0 Å². The van der Waals surface area contributed by atoms with E-state index in [0.717, 1.165) is 19.3 Å². The van der Waals surface area contributed by atoms with Crippen LogP contribution in [0.3, 0.4) is 0 Å². The highest BCUT2D eigenvalue weighted by atomic mass is 31.2. The molecule has 2 atom stereocenters. The monoisotopic (exact) mass is 593 g/mol. The molecule has 4 N–H and O–H groups in total. The van der Waals surface area contributed by atoms with Crippen molar-refractivity contribution in [2.45, 2.75) is 167 Å². The van der Waals surface area contributed by atoms with Gasteiger partial charge in [-0.1, -0.05) is 148 Å². The third-order valence-corrected chi connectivity index (χ3v) is 8.27. The Morgan fingerprint density at radius 2 is 1.05 bits per heavy atom. The maximum absolute atomic E-state index is 12.0. The molecular weight excluding hydrogens is 529 g/mol. The molecule has 8 nitrogen and oxygen atoms in total. The summed E-state index contributed by atoms with van der Waals surface area (Å²) in [7, 11) is -4.26. The molecule has 240 valence electrons. The summed E-state index contributed by atoms with van der Waals surface area (Å²) in [5, 5.41) is 9.32. The van der Waals surface area contributed by atoms with E-state index in [1.54, 1.807) is 0 Å². The first kappa shape index (κ1) is 39.5. The Morgan fingerprint density at radius 3 is 1.40 bits per heavy atom. The number of aliphatic hydroxyl groups excluding tert-OH is 1. The summed E-state index contributed by atoms with van der Waals surface area (Å²) in [6, 6.07) is 0. The van der Waals surface area contributed by atoms with Crippen LogP contribution in [-0.2, 0) is 23.1 Å². The van der Waals surface area contributed by atoms with Gasteiger partial charge in [0.1, 0.15) is 6.10 Å². The fourth-order valence-electron chi connectivity index (χ4n) is 4.81. The highest BCUT2D eigenvalue weighted by Gasteiger charge is 2.24. The van der Waals surface area contributed by atoms with Gasteiger partial charge in [0.25, 0.3) is 0 Å². The molecular formula is C31H64NO7P. The molecule has 40 heavy (non-hydrogen) atoms. The molecule has 0 spiro atoms. The van der Waals surface area contributed by atoms with E-state index in [2.05, 4.69) is 11.4 Å². The molecule has 0 aromatic heterocycles. The van der Waals surface area contributed by atoms with E-state index in [4.69, 9.17) is 15.0 Å². The molecule has 0 aliphatic rings. The van der Waals surface area contributed by atoms with Gasteiger partial charge in [-0.2, -0.15) is 0 Å². The van der Waals surface area contributed by atoms with Gasteiger partial charge in [-0.25, -0.2) is 4.57 Å². The van der Waals surface area contributed by atoms with Crippen molar-refractivity contribution in [2.75, 3.05) is 26.4 Å². The molecule has 0 aliphatic carbocycles. The molecule has 1 unspecified atom stereocenters. The fraction of sp³-hybridized carbons (Fsp3) is 0.968. The SMILES string of the molecule is CCCCCCCCCCCCCCCCCCCCCCCCCC(=O)O[C@H](CO)COP(=O)(O)OCCN. The van der Waals surface area contributed by atoms with Crippen molar-refractivity contribution < 1.29 is 33.1 Å². The van der Waals surface area contributed by atoms with Gasteiger partial charge in [0.05, 0.1) is 19.8 Å². The van der Waals surface area contributed by atoms with E-state index in [1.165, 1.54) is 128 Å². The molecule has 0 heterocycles. The molecule has 0 saturated heterocycles. The third-order valence-electron chi connectivity index (χ3n) is 7.28. The number of phosphoric acid groups is 1. The number of hydrogen-bond donors (Lipinski definition) is 3. The van der Waals surface area contributed by atoms with Crippen LogP contribution in [0.15, 0.2) is 0 Å². The normalized spacial score (nSPS) is 13.8. The van der Waals surface area contributed by atoms with Crippen LogP contribution in [0.4, 0.5) is 0 Å². The lowest BCUT2D eigenvalue weighted by Crippen LogP contribution is -2.27. The van der Waals surface area contributed by atoms with Crippen LogP contribution < -0.4 is 5.73 Å². The molecule has 0 aliphatic heterocycles. The van der Waals surface area contributed by atoms with Gasteiger partial charge >= 0.3 is 13.8 Å². The van der Waals surface area contributed by atoms with Crippen LogP contribution in [0, 0.1) is 0 Å². The number of aliphatic hydroxyl groups is 1. The Balaban J connectivity index is 3.38. The molecule has 0 radical (unpaired) electrons. The summed E-state index contributed by atoms with van der Waals surface area (Å²) in [5.74, 6) is -0.443. The second-order valence-corrected chi connectivity index (χ2v) is 12.7. The Bertz CT molecular complexity index is 594. The summed E-state index contributed by atoms with van der Waals surface area (Å²) >= 11 is 0. The Morgan fingerprint density at radius 1 is 0.675 bits per heavy atom. The summed E-state index contributed by atoms with van der Waals surface area (Å²) in [6.45, 7) is 1.31. The van der Waals surface area contributed by atoms with Crippen molar-refractivity contribution in [3.05, 3.63) is 0 Å². The van der Waals surface area contributed by atoms with Crippen molar-refractivity contribution in [1.29, 1.82) is 0 Å². The number of unbranched alkanes of at least 4 members (excludes halogenated alkanes) is 22. The van der Waals surface area contributed by atoms with Crippen LogP contribution in [0.5, 0.6) is 0 Å². The number of carbonyl (C=O) groups excluding carboxylic acids is 1. The quantitative estimate of drug-likeness (QED) is 0.0403. The van der Waals surface area contributed by atoms with Crippen LogP contribution >= 0.6 is 7.82 Å². The smallest absolute Gasteiger partial charge is 0.457 e. The van der Waals surface area contributed by atoms with Crippen LogP contribution in [0.1, 0.15) is 161 Å². The zero-order valence-electron chi connectivity index (χ0n) is 25.8. The Hall–Kier alpha value is -0.500. The standard InChI is InChI=1S/C31H64NO7P/c1-2-3-4-5-6-7-8-9-10-11-12-13-14-15-16-17-18-19-20-21-22-23-24-25-31(34)39-30(28-33)29-38-40(35,36)37-27-26-32/h30,33H,2-29,32H2,1H3,(H,35,36)/t30-/m1/s1. The number of phosphoric ester groups is 1. The van der Waals surface area contributed by atoms with Crippen LogP contribution in [0.25, 0.3) is 0 Å². The predicted molar refractivity (Wildman–Crippen MR) is 164 cm³/mol. The van der Waals surface area contributed by atoms with Gasteiger partial charge < -0.3 is 20.5 Å². The second-order valence-electron chi connectivity index (χ2n) is 11.2. The Labute approximate surface area is 246 Å². The molecule has 0 saturated carbocycles. The number of esters is 1. The molecule has 0 fully saturated rings. The zero-order valence-corrected chi connectivity index (χ0v) is 26.7. The first-order valence-corrected chi connectivity index (χ1v) is 18.1. The average molecular weight is 594 g/mol. The van der Waals surface area contributed by atoms with Crippen molar-refractivity contribution in [1.82, 2.24) is 0 Å². The maximum atomic E-state index is 12.0. The topological polar surface area (TPSA) is 128 Å². The average Bonchev–Trinajstić information content (AvgIpc) is 2.94. The second kappa shape index (κ2) is 30.0. The number of nitrogens with two attached hydrogens (primary N) is 1. The van der Waals surface area contributed by atoms with Gasteiger partial charge in [-0.3, -0.25) is 13.8 Å². The van der Waals surface area contributed by atoms with E-state index in [0.29, 0.717) is 0 Å². The third kappa shape index (κ3) is 29.0. The van der Waals surface area contributed by atoms with Gasteiger partial charge in [0.2, 0.25) is 0 Å². The van der Waals surface area contributed by atoms with Gasteiger partial charge in [-0.05, 0) is 6.42 Å². The van der Waals surface area contributed by atoms with E-state index in [9.17, 15) is 19.4 Å². The molecule has 0 aromatic rings. The van der Waals surface area contributed by atoms with Gasteiger partial charge in [0, 0.05) is 13.0 Å². The lowest BCUT2D eigenvalue weighted by Gasteiger charge is -2.17. The number of ether oxygens (including phenoxy) is 1.